The number of aromatic amines is 1. The Morgan fingerprint density at radius 1 is 1.28 bits per heavy atom. The van der Waals surface area contributed by atoms with E-state index in [-0.39, 0.29) is 39.4 Å². The Bertz CT molecular complexity index is 1300. The van der Waals surface area contributed by atoms with Crippen LogP contribution in [0.1, 0.15) is 34.8 Å². The molecule has 1 atom stereocenters. The lowest BCUT2D eigenvalue weighted by Crippen LogP contribution is -2.27. The molecule has 2 N–H and O–H groups in total. The second kappa shape index (κ2) is 8.11. The molecule has 0 unspecified atom stereocenters. The SMILES string of the molecule is COc1ncnc(C(=O)N[C@@H](C)c2cc(-c3nc4ccc(C(F)(F)F)cc4[nH]3)no2)c1Cl. The molecular weight excluding hydrogens is 453 g/mol. The predicted molar refractivity (Wildman–Crippen MR) is 106 cm³/mol. The van der Waals surface area contributed by atoms with Crippen LogP contribution in [0.25, 0.3) is 22.6 Å². The molecule has 0 radical (unpaired) electrons. The summed E-state index contributed by atoms with van der Waals surface area (Å²) in [5.41, 5.74) is -0.0767. The molecule has 1 amide bonds. The lowest BCUT2D eigenvalue weighted by atomic mass is 10.2. The van der Waals surface area contributed by atoms with Gasteiger partial charge < -0.3 is 19.6 Å². The van der Waals surface area contributed by atoms with E-state index in [2.05, 4.69) is 30.4 Å². The van der Waals surface area contributed by atoms with Gasteiger partial charge in [-0.15, -0.1) is 0 Å². The maximum atomic E-state index is 12.9. The molecule has 1 aromatic carbocycles. The number of nitrogens with zero attached hydrogens (tertiary/aromatic N) is 4. The smallest absolute Gasteiger partial charge is 0.416 e. The van der Waals surface area contributed by atoms with E-state index in [0.29, 0.717) is 5.52 Å². The molecule has 9 nitrogen and oxygen atoms in total. The Hall–Kier alpha value is -3.67. The molecule has 0 fully saturated rings. The first-order chi connectivity index (χ1) is 15.2. The van der Waals surface area contributed by atoms with Gasteiger partial charge in [0.25, 0.3) is 5.91 Å². The highest BCUT2D eigenvalue weighted by Crippen LogP contribution is 2.32. The number of amides is 1. The van der Waals surface area contributed by atoms with Gasteiger partial charge in [-0.3, -0.25) is 4.79 Å². The summed E-state index contributed by atoms with van der Waals surface area (Å²) in [6, 6.07) is 4.06. The number of imidazole rings is 1. The predicted octanol–water partition coefficient (Wildman–Crippen LogP) is 4.18. The summed E-state index contributed by atoms with van der Waals surface area (Å²) in [5, 5.41) is 6.50. The number of aromatic nitrogens is 5. The number of carbonyl (C=O) groups excluding carboxylic acids is 1. The van der Waals surface area contributed by atoms with Crippen molar-refractivity contribution < 1.29 is 27.2 Å². The molecule has 0 spiro atoms. The van der Waals surface area contributed by atoms with Crippen molar-refractivity contribution in [3.63, 3.8) is 0 Å². The lowest BCUT2D eigenvalue weighted by molar-refractivity contribution is -0.137. The van der Waals surface area contributed by atoms with E-state index >= 15 is 0 Å². The van der Waals surface area contributed by atoms with E-state index in [9.17, 15) is 18.0 Å². The van der Waals surface area contributed by atoms with Crippen LogP contribution in [0, 0.1) is 0 Å². The van der Waals surface area contributed by atoms with Crippen molar-refractivity contribution in [2.45, 2.75) is 19.1 Å². The number of hydrogen-bond donors (Lipinski definition) is 2. The molecule has 3 heterocycles. The maximum absolute atomic E-state index is 12.9. The van der Waals surface area contributed by atoms with Gasteiger partial charge in [-0.2, -0.15) is 13.2 Å². The number of benzene rings is 1. The van der Waals surface area contributed by atoms with Crippen LogP contribution in [-0.4, -0.2) is 38.1 Å². The quantitative estimate of drug-likeness (QED) is 0.453. The fourth-order valence-electron chi connectivity index (χ4n) is 2.90. The van der Waals surface area contributed by atoms with Crippen molar-refractivity contribution >= 4 is 28.5 Å². The van der Waals surface area contributed by atoms with E-state index in [1.54, 1.807) is 6.92 Å². The van der Waals surface area contributed by atoms with Gasteiger partial charge in [0, 0.05) is 6.07 Å². The van der Waals surface area contributed by atoms with Gasteiger partial charge in [-0.25, -0.2) is 15.0 Å². The Labute approximate surface area is 183 Å². The molecule has 4 rings (SSSR count). The largest absolute Gasteiger partial charge is 0.480 e. The summed E-state index contributed by atoms with van der Waals surface area (Å²) >= 11 is 6.07. The minimum Gasteiger partial charge on any atom is -0.480 e. The average molecular weight is 467 g/mol. The molecule has 13 heteroatoms. The van der Waals surface area contributed by atoms with Gasteiger partial charge in [0.05, 0.1) is 29.7 Å². The van der Waals surface area contributed by atoms with Crippen molar-refractivity contribution in [1.29, 1.82) is 0 Å². The zero-order chi connectivity index (χ0) is 23.0. The minimum absolute atomic E-state index is 0.0431. The van der Waals surface area contributed by atoms with Crippen molar-refractivity contribution in [2.24, 2.45) is 0 Å². The van der Waals surface area contributed by atoms with Gasteiger partial charge in [0.2, 0.25) is 5.88 Å². The van der Waals surface area contributed by atoms with Crippen LogP contribution in [0.5, 0.6) is 5.88 Å². The highest BCUT2D eigenvalue weighted by molar-refractivity contribution is 6.34. The Morgan fingerprint density at radius 3 is 2.78 bits per heavy atom. The van der Waals surface area contributed by atoms with Crippen LogP contribution in [0.3, 0.4) is 0 Å². The number of ether oxygens (including phenoxy) is 1. The number of fused-ring (bicyclic) bond motifs is 1. The summed E-state index contributed by atoms with van der Waals surface area (Å²) in [7, 11) is 1.36. The first-order valence-corrected chi connectivity index (χ1v) is 9.44. The number of H-pyrrole nitrogens is 1. The molecule has 0 saturated heterocycles. The highest BCUT2D eigenvalue weighted by atomic mass is 35.5. The van der Waals surface area contributed by atoms with Crippen molar-refractivity contribution in [1.82, 2.24) is 30.4 Å². The third kappa shape index (κ3) is 4.08. The third-order valence-electron chi connectivity index (χ3n) is 4.52. The molecule has 0 bridgehead atoms. The number of methoxy groups -OCH3 is 1. The van der Waals surface area contributed by atoms with Crippen LogP contribution < -0.4 is 10.1 Å². The highest BCUT2D eigenvalue weighted by Gasteiger charge is 2.31. The monoisotopic (exact) mass is 466 g/mol. The van der Waals surface area contributed by atoms with Gasteiger partial charge in [0.1, 0.15) is 17.0 Å². The van der Waals surface area contributed by atoms with Crippen LogP contribution >= 0.6 is 11.6 Å². The first-order valence-electron chi connectivity index (χ1n) is 9.06. The summed E-state index contributed by atoms with van der Waals surface area (Å²) in [5.74, 6) is -0.0390. The first kappa shape index (κ1) is 21.6. The van der Waals surface area contributed by atoms with Gasteiger partial charge >= 0.3 is 6.18 Å². The number of halogens is 4. The topological polar surface area (TPSA) is 119 Å². The van der Waals surface area contributed by atoms with Crippen LogP contribution in [0.4, 0.5) is 13.2 Å². The number of hydrogen-bond acceptors (Lipinski definition) is 7. The maximum Gasteiger partial charge on any atom is 0.416 e. The Kier molecular flexibility index (Phi) is 5.46. The molecule has 166 valence electrons. The van der Waals surface area contributed by atoms with Crippen LogP contribution in [0.15, 0.2) is 35.1 Å². The van der Waals surface area contributed by atoms with Crippen molar-refractivity contribution in [3.8, 4) is 17.4 Å². The van der Waals surface area contributed by atoms with Crippen LogP contribution in [0.2, 0.25) is 5.02 Å². The molecule has 0 saturated carbocycles. The molecule has 0 aliphatic rings. The van der Waals surface area contributed by atoms with Gasteiger partial charge in [-0.05, 0) is 25.1 Å². The second-order valence-corrected chi connectivity index (χ2v) is 7.05. The van der Waals surface area contributed by atoms with Gasteiger partial charge in [0.15, 0.2) is 17.3 Å². The zero-order valence-corrected chi connectivity index (χ0v) is 17.2. The number of alkyl halides is 3. The van der Waals surface area contributed by atoms with E-state index in [1.165, 1.54) is 19.2 Å². The molecular formula is C19H14ClF3N6O3. The molecule has 4 aromatic rings. The number of carbonyl (C=O) groups is 1. The summed E-state index contributed by atoms with van der Waals surface area (Å²) in [6.07, 6.45) is -3.33. The zero-order valence-electron chi connectivity index (χ0n) is 16.5. The molecule has 0 aliphatic heterocycles. The Morgan fingerprint density at radius 2 is 2.06 bits per heavy atom. The summed E-state index contributed by atoms with van der Waals surface area (Å²) < 4.78 is 49.0. The van der Waals surface area contributed by atoms with Crippen molar-refractivity contribution in [2.75, 3.05) is 7.11 Å². The van der Waals surface area contributed by atoms with E-state index in [1.807, 2.05) is 0 Å². The number of nitrogens with one attached hydrogen (secondary N) is 2. The minimum atomic E-state index is -4.47. The second-order valence-electron chi connectivity index (χ2n) is 6.67. The molecule has 0 aliphatic carbocycles. The van der Waals surface area contributed by atoms with Crippen LogP contribution in [-0.2, 0) is 6.18 Å². The summed E-state index contributed by atoms with van der Waals surface area (Å²) in [6.45, 7) is 1.64. The van der Waals surface area contributed by atoms with Gasteiger partial charge in [-0.1, -0.05) is 16.8 Å². The summed E-state index contributed by atoms with van der Waals surface area (Å²) in [4.78, 5) is 27.2. The van der Waals surface area contributed by atoms with E-state index < -0.39 is 23.7 Å². The van der Waals surface area contributed by atoms with E-state index in [0.717, 1.165) is 18.5 Å². The van der Waals surface area contributed by atoms with Crippen molar-refractivity contribution in [3.05, 3.63) is 52.6 Å². The third-order valence-corrected chi connectivity index (χ3v) is 4.86. The molecule has 32 heavy (non-hydrogen) atoms. The van der Waals surface area contributed by atoms with E-state index in [4.69, 9.17) is 20.9 Å². The fraction of sp³-hybridized carbons (Fsp3) is 0.211. The number of rotatable bonds is 5. The molecule has 3 aromatic heterocycles. The Balaban J connectivity index is 1.54. The average Bonchev–Trinajstić information content (AvgIpc) is 3.39. The standard InChI is InChI=1S/C19H14ClF3N6O3/c1-8(26-17(30)15-14(20)18(31-2)25-7-24-15)13-6-12(29-32-13)16-27-10-4-3-9(19(21,22)23)5-11(10)28-16/h3-8H,1-2H3,(H,26,30)(H,27,28)/t8-/m0/s1. The lowest BCUT2D eigenvalue weighted by Gasteiger charge is -2.11. The fourth-order valence-corrected chi connectivity index (χ4v) is 3.16. The normalized spacial score (nSPS) is 12.7.